The van der Waals surface area contributed by atoms with Crippen molar-refractivity contribution in [1.82, 2.24) is 4.90 Å². The summed E-state index contributed by atoms with van der Waals surface area (Å²) in [5.74, 6) is -0.409. The number of nitrogens with zero attached hydrogens (tertiary/aromatic N) is 1. The number of methoxy groups -OCH3 is 1. The molecule has 0 spiro atoms. The highest BCUT2D eigenvalue weighted by molar-refractivity contribution is 5.99. The second-order valence-corrected chi connectivity index (χ2v) is 6.61. The average Bonchev–Trinajstić information content (AvgIpc) is 2.58. The molecule has 2 amide bonds. The molecule has 2 rings (SSSR count). The van der Waals surface area contributed by atoms with Crippen molar-refractivity contribution in [1.29, 1.82) is 0 Å². The van der Waals surface area contributed by atoms with E-state index < -0.39 is 0 Å². The van der Waals surface area contributed by atoms with Crippen LogP contribution in [0.2, 0.25) is 0 Å². The SMILES string of the molecule is COCc1ccc(C(=O)N(C)CC(=O)Nc2c(C)cc(C)cc2C)cc1. The number of anilines is 1. The molecular formula is C21H26N2O3. The van der Waals surface area contributed by atoms with Crippen LogP contribution in [-0.2, 0) is 16.1 Å². The summed E-state index contributed by atoms with van der Waals surface area (Å²) >= 11 is 0. The smallest absolute Gasteiger partial charge is 0.254 e. The van der Waals surface area contributed by atoms with Gasteiger partial charge in [-0.05, 0) is 49.6 Å². The molecule has 1 N–H and O–H groups in total. The number of carbonyl (C=O) groups excluding carboxylic acids is 2. The van der Waals surface area contributed by atoms with E-state index in [9.17, 15) is 9.59 Å². The molecular weight excluding hydrogens is 328 g/mol. The van der Waals surface area contributed by atoms with Crippen LogP contribution in [0, 0.1) is 20.8 Å². The van der Waals surface area contributed by atoms with Gasteiger partial charge in [-0.2, -0.15) is 0 Å². The third-order valence-corrected chi connectivity index (χ3v) is 4.18. The minimum absolute atomic E-state index is 0.00852. The fourth-order valence-electron chi connectivity index (χ4n) is 2.97. The zero-order valence-electron chi connectivity index (χ0n) is 16.1. The standard InChI is InChI=1S/C21H26N2O3/c1-14-10-15(2)20(16(3)11-14)22-19(24)12-23(4)21(25)18-8-6-17(7-9-18)13-26-5/h6-11H,12-13H2,1-5H3,(H,22,24). The van der Waals surface area contributed by atoms with Gasteiger partial charge in [0, 0.05) is 25.4 Å². The predicted molar refractivity (Wildman–Crippen MR) is 103 cm³/mol. The Hall–Kier alpha value is -2.66. The third kappa shape index (κ3) is 4.92. The molecule has 0 aliphatic heterocycles. The van der Waals surface area contributed by atoms with Crippen LogP contribution >= 0.6 is 0 Å². The Bertz CT molecular complexity index is 774. The molecule has 0 unspecified atom stereocenters. The lowest BCUT2D eigenvalue weighted by Crippen LogP contribution is -2.35. The Balaban J connectivity index is 2.01. The molecule has 0 heterocycles. The quantitative estimate of drug-likeness (QED) is 0.864. The highest BCUT2D eigenvalue weighted by Crippen LogP contribution is 2.21. The van der Waals surface area contributed by atoms with Crippen LogP contribution < -0.4 is 5.32 Å². The molecule has 138 valence electrons. The van der Waals surface area contributed by atoms with Gasteiger partial charge in [0.2, 0.25) is 5.91 Å². The van der Waals surface area contributed by atoms with Crippen molar-refractivity contribution >= 4 is 17.5 Å². The molecule has 0 aromatic heterocycles. The van der Waals surface area contributed by atoms with Gasteiger partial charge < -0.3 is 15.0 Å². The van der Waals surface area contributed by atoms with Crippen molar-refractivity contribution in [3.63, 3.8) is 0 Å². The predicted octanol–water partition coefficient (Wildman–Crippen LogP) is 3.47. The van der Waals surface area contributed by atoms with Crippen LogP contribution in [0.15, 0.2) is 36.4 Å². The van der Waals surface area contributed by atoms with Gasteiger partial charge >= 0.3 is 0 Å². The lowest BCUT2D eigenvalue weighted by atomic mass is 10.1. The second-order valence-electron chi connectivity index (χ2n) is 6.61. The van der Waals surface area contributed by atoms with Crippen LogP contribution in [0.3, 0.4) is 0 Å². The van der Waals surface area contributed by atoms with E-state index in [1.807, 2.05) is 45.0 Å². The summed E-state index contributed by atoms with van der Waals surface area (Å²) in [4.78, 5) is 26.3. The van der Waals surface area contributed by atoms with E-state index in [4.69, 9.17) is 4.74 Å². The molecule has 0 saturated carbocycles. The zero-order chi connectivity index (χ0) is 19.3. The van der Waals surface area contributed by atoms with Gasteiger partial charge in [-0.15, -0.1) is 0 Å². The van der Waals surface area contributed by atoms with Crippen molar-refractivity contribution in [3.8, 4) is 0 Å². The van der Waals surface area contributed by atoms with Crippen molar-refractivity contribution < 1.29 is 14.3 Å². The minimum atomic E-state index is -0.216. The molecule has 2 aromatic carbocycles. The van der Waals surface area contributed by atoms with Crippen LogP contribution in [0.5, 0.6) is 0 Å². The number of aryl methyl sites for hydroxylation is 3. The van der Waals surface area contributed by atoms with Gasteiger partial charge in [0.05, 0.1) is 13.2 Å². The highest BCUT2D eigenvalue weighted by Gasteiger charge is 2.16. The normalized spacial score (nSPS) is 10.5. The van der Waals surface area contributed by atoms with Crippen molar-refractivity contribution in [2.45, 2.75) is 27.4 Å². The van der Waals surface area contributed by atoms with Crippen molar-refractivity contribution in [2.75, 3.05) is 26.0 Å². The number of amides is 2. The highest BCUT2D eigenvalue weighted by atomic mass is 16.5. The Labute approximate surface area is 155 Å². The summed E-state index contributed by atoms with van der Waals surface area (Å²) in [5.41, 5.74) is 5.53. The third-order valence-electron chi connectivity index (χ3n) is 4.18. The first-order chi connectivity index (χ1) is 12.3. The minimum Gasteiger partial charge on any atom is -0.380 e. The number of ether oxygens (including phenoxy) is 1. The Kier molecular flexibility index (Phi) is 6.52. The van der Waals surface area contributed by atoms with Crippen LogP contribution in [0.4, 0.5) is 5.69 Å². The molecule has 5 nitrogen and oxygen atoms in total. The Morgan fingerprint density at radius 1 is 1.04 bits per heavy atom. The van der Waals surface area contributed by atoms with E-state index in [2.05, 4.69) is 5.32 Å². The summed E-state index contributed by atoms with van der Waals surface area (Å²) in [6, 6.07) is 11.3. The summed E-state index contributed by atoms with van der Waals surface area (Å²) in [7, 11) is 3.25. The van der Waals surface area contributed by atoms with E-state index in [0.29, 0.717) is 12.2 Å². The molecule has 2 aromatic rings. The lowest BCUT2D eigenvalue weighted by molar-refractivity contribution is -0.116. The van der Waals surface area contributed by atoms with E-state index in [1.165, 1.54) is 4.90 Å². The maximum absolute atomic E-state index is 12.5. The van der Waals surface area contributed by atoms with E-state index in [-0.39, 0.29) is 18.4 Å². The molecule has 5 heteroatoms. The fourth-order valence-corrected chi connectivity index (χ4v) is 2.97. The van der Waals surface area contributed by atoms with Crippen LogP contribution in [0.25, 0.3) is 0 Å². The summed E-state index contributed by atoms with van der Waals surface area (Å²) < 4.78 is 5.06. The average molecular weight is 354 g/mol. The summed E-state index contributed by atoms with van der Waals surface area (Å²) in [6.07, 6.45) is 0. The monoisotopic (exact) mass is 354 g/mol. The van der Waals surface area contributed by atoms with Gasteiger partial charge in [0.15, 0.2) is 0 Å². The van der Waals surface area contributed by atoms with Crippen LogP contribution in [0.1, 0.15) is 32.6 Å². The van der Waals surface area contributed by atoms with Gasteiger partial charge in [0.25, 0.3) is 5.91 Å². The molecule has 0 saturated heterocycles. The number of nitrogens with one attached hydrogen (secondary N) is 1. The second kappa shape index (κ2) is 8.63. The molecule has 0 aliphatic rings. The summed E-state index contributed by atoms with van der Waals surface area (Å²) in [5, 5.41) is 2.92. The number of rotatable bonds is 6. The van der Waals surface area contributed by atoms with Crippen molar-refractivity contribution in [3.05, 3.63) is 64.2 Å². The Morgan fingerprint density at radius 2 is 1.62 bits per heavy atom. The van der Waals surface area contributed by atoms with E-state index in [0.717, 1.165) is 27.9 Å². The Morgan fingerprint density at radius 3 is 2.15 bits per heavy atom. The van der Waals surface area contributed by atoms with E-state index >= 15 is 0 Å². The van der Waals surface area contributed by atoms with E-state index in [1.54, 1.807) is 26.3 Å². The van der Waals surface area contributed by atoms with Gasteiger partial charge in [-0.1, -0.05) is 29.8 Å². The molecule has 26 heavy (non-hydrogen) atoms. The molecule has 0 atom stereocenters. The first-order valence-electron chi connectivity index (χ1n) is 8.53. The summed E-state index contributed by atoms with van der Waals surface area (Å²) in [6.45, 7) is 6.45. The number of benzene rings is 2. The number of carbonyl (C=O) groups is 2. The maximum atomic E-state index is 12.5. The number of hydrogen-bond donors (Lipinski definition) is 1. The first kappa shape index (κ1) is 19.7. The first-order valence-corrected chi connectivity index (χ1v) is 8.53. The number of likely N-dealkylation sites (N-methyl/N-ethyl adjacent to an activating group) is 1. The largest absolute Gasteiger partial charge is 0.380 e. The maximum Gasteiger partial charge on any atom is 0.254 e. The molecule has 0 bridgehead atoms. The number of hydrogen-bond acceptors (Lipinski definition) is 3. The van der Waals surface area contributed by atoms with Crippen molar-refractivity contribution in [2.24, 2.45) is 0 Å². The van der Waals surface area contributed by atoms with Crippen LogP contribution in [-0.4, -0.2) is 37.4 Å². The topological polar surface area (TPSA) is 58.6 Å². The lowest BCUT2D eigenvalue weighted by Gasteiger charge is -2.18. The van der Waals surface area contributed by atoms with Gasteiger partial charge in [0.1, 0.15) is 0 Å². The van der Waals surface area contributed by atoms with Gasteiger partial charge in [-0.25, -0.2) is 0 Å². The molecule has 0 radical (unpaired) electrons. The zero-order valence-corrected chi connectivity index (χ0v) is 16.1. The fraction of sp³-hybridized carbons (Fsp3) is 0.333. The molecule has 0 fully saturated rings. The molecule has 0 aliphatic carbocycles. The van der Waals surface area contributed by atoms with Gasteiger partial charge in [-0.3, -0.25) is 9.59 Å².